The van der Waals surface area contributed by atoms with Gasteiger partial charge in [-0.3, -0.25) is 14.9 Å². The lowest BCUT2D eigenvalue weighted by Crippen LogP contribution is -2.19. The van der Waals surface area contributed by atoms with E-state index in [4.69, 9.17) is 9.47 Å². The van der Waals surface area contributed by atoms with Crippen molar-refractivity contribution in [2.75, 3.05) is 7.11 Å². The first-order valence-corrected chi connectivity index (χ1v) is 8.87. The molecule has 9 nitrogen and oxygen atoms in total. The van der Waals surface area contributed by atoms with Gasteiger partial charge in [0.1, 0.15) is 6.20 Å². The van der Waals surface area contributed by atoms with Crippen molar-refractivity contribution >= 4 is 17.8 Å². The molecule has 0 aliphatic carbocycles. The molecule has 0 radical (unpaired) electrons. The number of hydrazone groups is 1. The van der Waals surface area contributed by atoms with E-state index in [-0.39, 0.29) is 23.9 Å². The molecule has 0 saturated carbocycles. The van der Waals surface area contributed by atoms with Gasteiger partial charge in [-0.25, -0.2) is 10.4 Å². The van der Waals surface area contributed by atoms with Gasteiger partial charge in [-0.05, 0) is 29.3 Å². The maximum Gasteiger partial charge on any atom is 0.287 e. The SMILES string of the molecule is COc1cc(/C=N\NC(=O)Cc2ccccc2)ccc1Oc1ccc([N+](=O)[O-])cn1. The summed E-state index contributed by atoms with van der Waals surface area (Å²) >= 11 is 0. The van der Waals surface area contributed by atoms with Gasteiger partial charge in [-0.15, -0.1) is 0 Å². The van der Waals surface area contributed by atoms with Crippen molar-refractivity contribution in [3.05, 3.63) is 88.1 Å². The topological polar surface area (TPSA) is 116 Å². The smallest absolute Gasteiger partial charge is 0.287 e. The molecule has 0 aliphatic heterocycles. The highest BCUT2D eigenvalue weighted by Gasteiger charge is 2.10. The van der Waals surface area contributed by atoms with Crippen LogP contribution in [0.3, 0.4) is 0 Å². The number of carbonyl (C=O) groups is 1. The quantitative estimate of drug-likeness (QED) is 0.348. The fraction of sp³-hybridized carbons (Fsp3) is 0.0952. The average Bonchev–Trinajstić information content (AvgIpc) is 2.75. The molecule has 0 atom stereocenters. The summed E-state index contributed by atoms with van der Waals surface area (Å²) in [6.07, 6.45) is 2.83. The van der Waals surface area contributed by atoms with Crippen molar-refractivity contribution in [2.45, 2.75) is 6.42 Å². The first-order valence-electron chi connectivity index (χ1n) is 8.87. The lowest BCUT2D eigenvalue weighted by atomic mass is 10.1. The predicted octanol–water partition coefficient (Wildman–Crippen LogP) is 3.48. The number of aromatic nitrogens is 1. The largest absolute Gasteiger partial charge is 0.493 e. The number of pyridine rings is 1. The molecule has 1 amide bonds. The van der Waals surface area contributed by atoms with Crippen molar-refractivity contribution in [2.24, 2.45) is 5.10 Å². The molecule has 0 aliphatic rings. The van der Waals surface area contributed by atoms with E-state index in [0.717, 1.165) is 11.8 Å². The number of hydrogen-bond acceptors (Lipinski definition) is 7. The summed E-state index contributed by atoms with van der Waals surface area (Å²) in [7, 11) is 1.48. The molecule has 152 valence electrons. The predicted molar refractivity (Wildman–Crippen MR) is 110 cm³/mol. The number of rotatable bonds is 8. The van der Waals surface area contributed by atoms with E-state index in [1.54, 1.807) is 18.2 Å². The van der Waals surface area contributed by atoms with Gasteiger partial charge in [0.2, 0.25) is 11.8 Å². The van der Waals surface area contributed by atoms with Crippen LogP contribution in [0.5, 0.6) is 17.4 Å². The Morgan fingerprint density at radius 3 is 2.63 bits per heavy atom. The van der Waals surface area contributed by atoms with Crippen molar-refractivity contribution < 1.29 is 19.2 Å². The molecule has 1 N–H and O–H groups in total. The van der Waals surface area contributed by atoms with E-state index < -0.39 is 4.92 Å². The molecule has 0 unspecified atom stereocenters. The molecule has 30 heavy (non-hydrogen) atoms. The number of nitrogens with zero attached hydrogens (tertiary/aromatic N) is 3. The third-order valence-electron chi connectivity index (χ3n) is 3.94. The van der Waals surface area contributed by atoms with Gasteiger partial charge in [0.15, 0.2) is 11.5 Å². The maximum absolute atomic E-state index is 11.9. The standard InChI is InChI=1S/C21H18N4O5/c1-29-19-11-16(13-23-24-20(26)12-15-5-3-2-4-6-15)7-9-18(19)30-21-10-8-17(14-22-21)25(27)28/h2-11,13-14H,12H2,1H3,(H,24,26)/b23-13-. The monoisotopic (exact) mass is 406 g/mol. The van der Waals surface area contributed by atoms with Crippen LogP contribution in [0, 0.1) is 10.1 Å². The van der Waals surface area contributed by atoms with Crippen LogP contribution in [-0.4, -0.2) is 29.1 Å². The van der Waals surface area contributed by atoms with E-state index >= 15 is 0 Å². The van der Waals surface area contributed by atoms with Gasteiger partial charge in [0.25, 0.3) is 5.69 Å². The Kier molecular flexibility index (Phi) is 6.67. The lowest BCUT2D eigenvalue weighted by molar-refractivity contribution is -0.385. The summed E-state index contributed by atoms with van der Waals surface area (Å²) in [6, 6.07) is 17.1. The third kappa shape index (κ3) is 5.61. The summed E-state index contributed by atoms with van der Waals surface area (Å²) in [4.78, 5) is 26.0. The van der Waals surface area contributed by atoms with Crippen LogP contribution in [0.2, 0.25) is 0 Å². The molecular formula is C21H18N4O5. The second-order valence-corrected chi connectivity index (χ2v) is 6.08. The molecule has 9 heteroatoms. The lowest BCUT2D eigenvalue weighted by Gasteiger charge is -2.10. The second kappa shape index (κ2) is 9.78. The van der Waals surface area contributed by atoms with E-state index in [1.165, 1.54) is 25.5 Å². The van der Waals surface area contributed by atoms with Crippen LogP contribution in [0.25, 0.3) is 0 Å². The second-order valence-electron chi connectivity index (χ2n) is 6.08. The minimum Gasteiger partial charge on any atom is -0.493 e. The first-order chi connectivity index (χ1) is 14.5. The molecular weight excluding hydrogens is 388 g/mol. The maximum atomic E-state index is 11.9. The van der Waals surface area contributed by atoms with Crippen molar-refractivity contribution in [3.63, 3.8) is 0 Å². The molecule has 0 spiro atoms. The summed E-state index contributed by atoms with van der Waals surface area (Å²) < 4.78 is 10.9. The Hall–Kier alpha value is -4.27. The van der Waals surface area contributed by atoms with Gasteiger partial charge in [-0.1, -0.05) is 30.3 Å². The zero-order valence-electron chi connectivity index (χ0n) is 16.0. The number of ether oxygens (including phenoxy) is 2. The van der Waals surface area contributed by atoms with E-state index in [0.29, 0.717) is 17.1 Å². The number of methoxy groups -OCH3 is 1. The van der Waals surface area contributed by atoms with Crippen LogP contribution in [0.15, 0.2) is 72.0 Å². The summed E-state index contributed by atoms with van der Waals surface area (Å²) in [5.41, 5.74) is 3.92. The van der Waals surface area contributed by atoms with Gasteiger partial charge >= 0.3 is 0 Å². The van der Waals surface area contributed by atoms with Crippen molar-refractivity contribution in [3.8, 4) is 17.4 Å². The highest BCUT2D eigenvalue weighted by molar-refractivity contribution is 5.84. The fourth-order valence-corrected chi connectivity index (χ4v) is 2.50. The average molecular weight is 406 g/mol. The minimum absolute atomic E-state index is 0.129. The summed E-state index contributed by atoms with van der Waals surface area (Å²) in [5, 5.41) is 14.7. The minimum atomic E-state index is -0.538. The Bertz CT molecular complexity index is 1050. The number of carbonyl (C=O) groups excluding carboxylic acids is 1. The van der Waals surface area contributed by atoms with E-state index in [2.05, 4.69) is 15.5 Å². The van der Waals surface area contributed by atoms with Gasteiger partial charge < -0.3 is 9.47 Å². The first kappa shape index (κ1) is 20.5. The Balaban J connectivity index is 1.62. The highest BCUT2D eigenvalue weighted by Crippen LogP contribution is 2.31. The highest BCUT2D eigenvalue weighted by atomic mass is 16.6. The molecule has 0 saturated heterocycles. The molecule has 1 aromatic heterocycles. The van der Waals surface area contributed by atoms with Crippen LogP contribution in [0.4, 0.5) is 5.69 Å². The fourth-order valence-electron chi connectivity index (χ4n) is 2.50. The van der Waals surface area contributed by atoms with Gasteiger partial charge in [0.05, 0.1) is 24.7 Å². The summed E-state index contributed by atoms with van der Waals surface area (Å²) in [6.45, 7) is 0. The van der Waals surface area contributed by atoms with Crippen LogP contribution < -0.4 is 14.9 Å². The van der Waals surface area contributed by atoms with Gasteiger partial charge in [0, 0.05) is 12.1 Å². The van der Waals surface area contributed by atoms with Gasteiger partial charge in [-0.2, -0.15) is 5.10 Å². The van der Waals surface area contributed by atoms with Crippen molar-refractivity contribution in [1.29, 1.82) is 0 Å². The third-order valence-corrected chi connectivity index (χ3v) is 3.94. The molecule has 3 aromatic rings. The number of amides is 1. The molecule has 1 heterocycles. The Labute approximate surface area is 172 Å². The zero-order valence-corrected chi connectivity index (χ0v) is 16.0. The van der Waals surface area contributed by atoms with Crippen LogP contribution >= 0.6 is 0 Å². The molecule has 2 aromatic carbocycles. The van der Waals surface area contributed by atoms with E-state index in [9.17, 15) is 14.9 Å². The molecule has 0 fully saturated rings. The van der Waals surface area contributed by atoms with E-state index in [1.807, 2.05) is 30.3 Å². The zero-order chi connectivity index (χ0) is 21.3. The normalized spacial score (nSPS) is 10.6. The number of benzene rings is 2. The number of nitro groups is 1. The van der Waals surface area contributed by atoms with Crippen LogP contribution in [-0.2, 0) is 11.2 Å². The molecule has 0 bridgehead atoms. The Morgan fingerprint density at radius 2 is 1.97 bits per heavy atom. The number of nitrogens with one attached hydrogen (secondary N) is 1. The Morgan fingerprint density at radius 1 is 1.17 bits per heavy atom. The van der Waals surface area contributed by atoms with Crippen molar-refractivity contribution in [1.82, 2.24) is 10.4 Å². The summed E-state index contributed by atoms with van der Waals surface area (Å²) in [5.74, 6) is 0.751. The van der Waals surface area contributed by atoms with Crippen LogP contribution in [0.1, 0.15) is 11.1 Å². The number of hydrogen-bond donors (Lipinski definition) is 1. The molecule has 3 rings (SSSR count).